The van der Waals surface area contributed by atoms with Gasteiger partial charge in [-0.15, -0.1) is 0 Å². The number of benzene rings is 1. The van der Waals surface area contributed by atoms with E-state index in [0.29, 0.717) is 38.6 Å². The summed E-state index contributed by atoms with van der Waals surface area (Å²) < 4.78 is -0.694. The van der Waals surface area contributed by atoms with E-state index in [-0.39, 0.29) is 32.0 Å². The maximum Gasteiger partial charge on any atom is 0.521 e. The van der Waals surface area contributed by atoms with Gasteiger partial charge < -0.3 is 20.6 Å². The highest BCUT2D eigenvalue weighted by Gasteiger charge is 2.55. The average molecular weight is 479 g/mol. The Morgan fingerprint density at radius 3 is 2.29 bits per heavy atom. The van der Waals surface area contributed by atoms with Gasteiger partial charge in [-0.3, -0.25) is 14.9 Å². The molecule has 0 aliphatic carbocycles. The number of aliphatic carboxylic acids is 2. The lowest BCUT2D eigenvalue weighted by Crippen LogP contribution is -2.65. The van der Waals surface area contributed by atoms with E-state index < -0.39 is 40.5 Å². The smallest absolute Gasteiger partial charge is 0.480 e. The minimum Gasteiger partial charge on any atom is -0.480 e. The molecule has 2 amide bonds. The molecule has 10 nitrogen and oxygen atoms in total. The number of rotatable bonds is 14. The van der Waals surface area contributed by atoms with Crippen LogP contribution in [0.3, 0.4) is 0 Å². The van der Waals surface area contributed by atoms with E-state index in [1.165, 1.54) is 0 Å². The lowest BCUT2D eigenvalue weighted by molar-refractivity contribution is -0.793. The van der Waals surface area contributed by atoms with Crippen LogP contribution in [-0.2, 0) is 20.8 Å². The summed E-state index contributed by atoms with van der Waals surface area (Å²) in [6, 6.07) is 7.10. The minimum atomic E-state index is -1.21. The monoisotopic (exact) mass is 478 g/mol. The second-order valence-electron chi connectivity index (χ2n) is 8.91. The Morgan fingerprint density at radius 1 is 1.03 bits per heavy atom. The van der Waals surface area contributed by atoms with Crippen LogP contribution in [0.5, 0.6) is 0 Å². The van der Waals surface area contributed by atoms with E-state index >= 15 is 0 Å². The predicted octanol–water partition coefficient (Wildman–Crippen LogP) is 2.08. The zero-order valence-corrected chi connectivity index (χ0v) is 19.6. The van der Waals surface area contributed by atoms with E-state index in [1.807, 2.05) is 30.3 Å². The fourth-order valence-electron chi connectivity index (χ4n) is 4.61. The van der Waals surface area contributed by atoms with Crippen molar-refractivity contribution in [1.82, 2.24) is 10.6 Å². The molecule has 1 aromatic rings. The number of nitrogens with zero attached hydrogens (tertiary/aromatic N) is 1. The summed E-state index contributed by atoms with van der Waals surface area (Å²) in [7, 11) is 0. The van der Waals surface area contributed by atoms with Gasteiger partial charge in [0.25, 0.3) is 0 Å². The molecule has 4 atom stereocenters. The van der Waals surface area contributed by atoms with Gasteiger partial charge in [-0.25, -0.2) is 4.79 Å². The van der Waals surface area contributed by atoms with Crippen LogP contribution in [0.2, 0.25) is 0 Å². The molecule has 1 aliphatic rings. The van der Waals surface area contributed by atoms with Crippen molar-refractivity contribution in [3.05, 3.63) is 35.9 Å². The first kappa shape index (κ1) is 27.4. The molecule has 1 unspecified atom stereocenters. The van der Waals surface area contributed by atoms with Crippen molar-refractivity contribution in [3.8, 4) is 0 Å². The van der Waals surface area contributed by atoms with Crippen LogP contribution in [-0.4, -0.2) is 81.5 Å². The second kappa shape index (κ2) is 13.2. The number of quaternary nitrogens is 1. The summed E-state index contributed by atoms with van der Waals surface area (Å²) in [4.78, 5) is 48.5. The number of carboxylic acid groups (broad SMARTS) is 3. The normalized spacial score (nSPS) is 21.6. The van der Waals surface area contributed by atoms with Crippen LogP contribution >= 0.6 is 0 Å². The zero-order valence-electron chi connectivity index (χ0n) is 19.6. The summed E-state index contributed by atoms with van der Waals surface area (Å²) in [5.41, 5.74) is 0.977. The number of aryl methyl sites for hydroxylation is 1. The molecule has 0 spiro atoms. The van der Waals surface area contributed by atoms with Gasteiger partial charge in [-0.2, -0.15) is 9.28 Å². The predicted molar refractivity (Wildman–Crippen MR) is 124 cm³/mol. The van der Waals surface area contributed by atoms with Crippen LogP contribution < -0.4 is 10.6 Å². The number of carboxylic acids is 2. The van der Waals surface area contributed by atoms with E-state index in [1.54, 1.807) is 6.92 Å². The summed E-state index contributed by atoms with van der Waals surface area (Å²) in [6.07, 6.45) is 2.12. The molecule has 1 aromatic carbocycles. The second-order valence-corrected chi connectivity index (χ2v) is 8.91. The molecular weight excluding hydrogens is 442 g/mol. The summed E-state index contributed by atoms with van der Waals surface area (Å²) in [5, 5.41) is 34.2. The molecule has 2 rings (SSSR count). The molecule has 0 radical (unpaired) electrons. The molecule has 10 heteroatoms. The van der Waals surface area contributed by atoms with Gasteiger partial charge in [0, 0.05) is 12.8 Å². The van der Waals surface area contributed by atoms with Gasteiger partial charge in [0.1, 0.15) is 18.1 Å². The number of imide groups is 1. The molecule has 0 aromatic heterocycles. The largest absolute Gasteiger partial charge is 0.521 e. The maximum atomic E-state index is 13.6. The maximum absolute atomic E-state index is 13.6. The third-order valence-electron chi connectivity index (χ3n) is 6.56. The topological polar surface area (TPSA) is 153 Å². The fraction of sp³-hybridized carbons (Fsp3) is 0.583. The molecule has 1 heterocycles. The van der Waals surface area contributed by atoms with Crippen molar-refractivity contribution in [2.24, 2.45) is 0 Å². The van der Waals surface area contributed by atoms with Gasteiger partial charge in [-0.05, 0) is 51.1 Å². The Labute approximate surface area is 199 Å². The van der Waals surface area contributed by atoms with Crippen LogP contribution in [0.15, 0.2) is 30.3 Å². The van der Waals surface area contributed by atoms with E-state index in [2.05, 4.69) is 10.6 Å². The molecule has 1 aliphatic heterocycles. The van der Waals surface area contributed by atoms with Gasteiger partial charge in [0.2, 0.25) is 0 Å². The standard InChI is InChI=1S/C24H35N3O7/c1-17-8-7-15-27(17,24(33)34)22(30)19(11-5-6-14-25-16-21(28)29)26-20(23(31)32)13-12-18-9-3-2-4-10-18/h2-4,9-10,17,19-20,25-26H,5-8,11-16H2,1H3,(H2-,28,29,31,32,33,34)/p+1/t17-,19+,20+,27?/m1/s1. The first-order valence-electron chi connectivity index (χ1n) is 11.8. The van der Waals surface area contributed by atoms with Crippen molar-refractivity contribution < 1.29 is 39.0 Å². The molecule has 188 valence electrons. The molecule has 0 saturated carbocycles. The van der Waals surface area contributed by atoms with Crippen molar-refractivity contribution in [2.45, 2.75) is 70.0 Å². The van der Waals surface area contributed by atoms with Crippen molar-refractivity contribution in [1.29, 1.82) is 0 Å². The number of nitrogens with one attached hydrogen (secondary N) is 2. The SMILES string of the molecule is C[C@@H]1CCC[N+]1(C(=O)O)C(=O)[C@H](CCCCNCC(=O)O)N[C@@H](CCc1ccccc1)C(=O)O. The van der Waals surface area contributed by atoms with E-state index in [0.717, 1.165) is 5.56 Å². The third kappa shape index (κ3) is 7.34. The Kier molecular flexibility index (Phi) is 10.6. The molecule has 1 fully saturated rings. The number of hydrogen-bond donors (Lipinski definition) is 5. The highest BCUT2D eigenvalue weighted by atomic mass is 16.4. The minimum absolute atomic E-state index is 0.169. The molecule has 1 saturated heterocycles. The van der Waals surface area contributed by atoms with Gasteiger partial charge >= 0.3 is 23.9 Å². The van der Waals surface area contributed by atoms with Crippen LogP contribution in [0.25, 0.3) is 0 Å². The van der Waals surface area contributed by atoms with Crippen molar-refractivity contribution >= 4 is 23.9 Å². The summed E-state index contributed by atoms with van der Waals surface area (Å²) in [6.45, 7) is 2.20. The third-order valence-corrected chi connectivity index (χ3v) is 6.56. The molecule has 5 N–H and O–H groups in total. The van der Waals surface area contributed by atoms with Crippen molar-refractivity contribution in [3.63, 3.8) is 0 Å². The fourth-order valence-corrected chi connectivity index (χ4v) is 4.61. The lowest BCUT2D eigenvalue weighted by Gasteiger charge is -2.34. The first-order chi connectivity index (χ1) is 16.2. The molecule has 0 bridgehead atoms. The Bertz CT molecular complexity index is 848. The van der Waals surface area contributed by atoms with Gasteiger partial charge in [0.05, 0.1) is 13.1 Å². The first-order valence-corrected chi connectivity index (χ1v) is 11.8. The van der Waals surface area contributed by atoms with Crippen LogP contribution in [0.1, 0.15) is 51.0 Å². The highest BCUT2D eigenvalue weighted by molar-refractivity contribution is 5.85. The van der Waals surface area contributed by atoms with E-state index in [4.69, 9.17) is 5.11 Å². The Morgan fingerprint density at radius 2 is 1.74 bits per heavy atom. The van der Waals surface area contributed by atoms with Gasteiger partial charge in [0.15, 0.2) is 0 Å². The Hall–Kier alpha value is -2.82. The summed E-state index contributed by atoms with van der Waals surface area (Å²) >= 11 is 0. The number of hydrogen-bond acceptors (Lipinski definition) is 6. The van der Waals surface area contributed by atoms with Gasteiger partial charge in [-0.1, -0.05) is 30.3 Å². The number of carbonyl (C=O) groups is 4. The number of likely N-dealkylation sites (tertiary alicyclic amines) is 1. The number of unbranched alkanes of at least 4 members (excludes halogenated alkanes) is 1. The molecule has 34 heavy (non-hydrogen) atoms. The zero-order chi connectivity index (χ0) is 25.1. The van der Waals surface area contributed by atoms with Crippen molar-refractivity contribution in [2.75, 3.05) is 19.6 Å². The van der Waals surface area contributed by atoms with Crippen LogP contribution in [0, 0.1) is 0 Å². The average Bonchev–Trinajstić information content (AvgIpc) is 3.19. The molecular formula is C24H36N3O7+. The number of amides is 2. The Balaban J connectivity index is 2.13. The summed E-state index contributed by atoms with van der Waals surface area (Å²) in [5.74, 6) is -2.57. The lowest BCUT2D eigenvalue weighted by atomic mass is 10.0. The van der Waals surface area contributed by atoms with E-state index in [9.17, 15) is 29.4 Å². The van der Waals surface area contributed by atoms with Crippen LogP contribution in [0.4, 0.5) is 4.79 Å². The number of carbonyl (C=O) groups excluding carboxylic acids is 1. The quantitative estimate of drug-likeness (QED) is 0.200. The highest BCUT2D eigenvalue weighted by Crippen LogP contribution is 2.30.